The van der Waals surface area contributed by atoms with E-state index in [1.54, 1.807) is 18.5 Å². The van der Waals surface area contributed by atoms with Crippen LogP contribution in [0.4, 0.5) is 11.5 Å². The Morgan fingerprint density at radius 1 is 1.50 bits per heavy atom. The van der Waals surface area contributed by atoms with Crippen LogP contribution in [-0.2, 0) is 6.54 Å². The van der Waals surface area contributed by atoms with Gasteiger partial charge in [0.2, 0.25) is 5.82 Å². The number of nitrogens with zero attached hydrogens (tertiary/aromatic N) is 3. The van der Waals surface area contributed by atoms with Gasteiger partial charge in [0.25, 0.3) is 0 Å². The summed E-state index contributed by atoms with van der Waals surface area (Å²) in [7, 11) is 0. The van der Waals surface area contributed by atoms with Crippen LogP contribution in [0.1, 0.15) is 26.0 Å². The molecule has 114 valence electrons. The minimum absolute atomic E-state index is 0.0361. The number of rotatable bonds is 9. The second kappa shape index (κ2) is 7.81. The number of hydrogen-bond acceptors (Lipinski definition) is 6. The molecule has 0 amide bonds. The van der Waals surface area contributed by atoms with Gasteiger partial charge < -0.3 is 15.7 Å². The minimum Gasteiger partial charge on any atom is -0.392 e. The van der Waals surface area contributed by atoms with Crippen molar-refractivity contribution in [1.82, 2.24) is 15.1 Å². The molecule has 1 heterocycles. The van der Waals surface area contributed by atoms with E-state index < -0.39 is 11.0 Å². The smallest absolute Gasteiger partial charge is 0.333 e. The van der Waals surface area contributed by atoms with Crippen LogP contribution in [0.15, 0.2) is 0 Å². The van der Waals surface area contributed by atoms with Gasteiger partial charge in [0.15, 0.2) is 0 Å². The van der Waals surface area contributed by atoms with E-state index in [-0.39, 0.29) is 5.69 Å². The predicted octanol–water partition coefficient (Wildman–Crippen LogP) is 0.892. The molecule has 0 bridgehead atoms. The van der Waals surface area contributed by atoms with E-state index in [0.29, 0.717) is 37.7 Å². The zero-order valence-electron chi connectivity index (χ0n) is 12.2. The summed E-state index contributed by atoms with van der Waals surface area (Å²) in [6.45, 7) is 7.61. The van der Waals surface area contributed by atoms with Crippen molar-refractivity contribution in [2.24, 2.45) is 0 Å². The lowest BCUT2D eigenvalue weighted by Gasteiger charge is -2.10. The van der Waals surface area contributed by atoms with Crippen molar-refractivity contribution in [3.8, 4) is 0 Å². The second-order valence-corrected chi connectivity index (χ2v) is 4.74. The van der Waals surface area contributed by atoms with E-state index in [1.165, 1.54) is 0 Å². The van der Waals surface area contributed by atoms with Crippen molar-refractivity contribution in [1.29, 1.82) is 0 Å². The number of anilines is 1. The summed E-state index contributed by atoms with van der Waals surface area (Å²) in [6.07, 6.45) is 0.449. The predicted molar refractivity (Wildman–Crippen MR) is 76.9 cm³/mol. The molecule has 8 nitrogen and oxygen atoms in total. The number of aliphatic hydroxyl groups excluding tert-OH is 1. The number of aliphatic hydroxyl groups is 1. The number of nitro groups is 1. The summed E-state index contributed by atoms with van der Waals surface area (Å²) in [5, 5.41) is 30.5. The lowest BCUT2D eigenvalue weighted by molar-refractivity contribution is -0.384. The quantitative estimate of drug-likeness (QED) is 0.353. The highest BCUT2D eigenvalue weighted by molar-refractivity contribution is 5.59. The summed E-state index contributed by atoms with van der Waals surface area (Å²) >= 11 is 0. The SMILES string of the molecule is CCCn1nc(C)c([N+](=O)[O-])c1NCCNCC(C)O. The highest BCUT2D eigenvalue weighted by Gasteiger charge is 2.24. The van der Waals surface area contributed by atoms with Gasteiger partial charge in [0.05, 0.1) is 11.0 Å². The van der Waals surface area contributed by atoms with E-state index in [0.717, 1.165) is 6.42 Å². The highest BCUT2D eigenvalue weighted by Crippen LogP contribution is 2.28. The van der Waals surface area contributed by atoms with Gasteiger partial charge in [-0.05, 0) is 20.3 Å². The van der Waals surface area contributed by atoms with Crippen molar-refractivity contribution >= 4 is 11.5 Å². The molecule has 20 heavy (non-hydrogen) atoms. The Morgan fingerprint density at radius 2 is 2.20 bits per heavy atom. The first-order valence-electron chi connectivity index (χ1n) is 6.81. The topological polar surface area (TPSA) is 105 Å². The summed E-state index contributed by atoms with van der Waals surface area (Å²) in [5.74, 6) is 0.452. The third-order valence-corrected chi connectivity index (χ3v) is 2.75. The van der Waals surface area contributed by atoms with E-state index >= 15 is 0 Å². The van der Waals surface area contributed by atoms with Crippen LogP contribution >= 0.6 is 0 Å². The molecule has 3 N–H and O–H groups in total. The van der Waals surface area contributed by atoms with Gasteiger partial charge >= 0.3 is 5.69 Å². The molecule has 1 aromatic rings. The van der Waals surface area contributed by atoms with E-state index in [9.17, 15) is 10.1 Å². The normalized spacial score (nSPS) is 12.4. The largest absolute Gasteiger partial charge is 0.392 e. The van der Waals surface area contributed by atoms with Gasteiger partial charge in [-0.1, -0.05) is 6.92 Å². The molecular weight excluding hydrogens is 262 g/mol. The van der Waals surface area contributed by atoms with Crippen LogP contribution in [0.5, 0.6) is 0 Å². The fourth-order valence-corrected chi connectivity index (χ4v) is 1.92. The second-order valence-electron chi connectivity index (χ2n) is 4.74. The van der Waals surface area contributed by atoms with Crippen LogP contribution < -0.4 is 10.6 Å². The number of nitrogens with one attached hydrogen (secondary N) is 2. The third-order valence-electron chi connectivity index (χ3n) is 2.75. The van der Waals surface area contributed by atoms with Gasteiger partial charge in [0, 0.05) is 26.2 Å². The molecule has 0 aliphatic heterocycles. The molecule has 0 spiro atoms. The van der Waals surface area contributed by atoms with Crippen LogP contribution in [0, 0.1) is 17.0 Å². The van der Waals surface area contributed by atoms with Crippen LogP contribution in [0.25, 0.3) is 0 Å². The van der Waals surface area contributed by atoms with Crippen molar-refractivity contribution < 1.29 is 10.0 Å². The molecule has 1 rings (SSSR count). The Balaban J connectivity index is 2.68. The zero-order chi connectivity index (χ0) is 15.1. The molecule has 8 heteroatoms. The lowest BCUT2D eigenvalue weighted by Crippen LogP contribution is -2.29. The molecule has 0 fully saturated rings. The first-order chi connectivity index (χ1) is 9.47. The molecule has 1 aromatic heterocycles. The monoisotopic (exact) mass is 285 g/mol. The van der Waals surface area contributed by atoms with Crippen LogP contribution in [-0.4, -0.2) is 45.5 Å². The molecule has 0 aliphatic rings. The molecule has 0 aromatic carbocycles. The summed E-state index contributed by atoms with van der Waals surface area (Å²) in [4.78, 5) is 10.7. The first kappa shape index (κ1) is 16.4. The summed E-state index contributed by atoms with van der Waals surface area (Å²) in [6, 6.07) is 0. The van der Waals surface area contributed by atoms with Crippen molar-refractivity contribution in [3.63, 3.8) is 0 Å². The van der Waals surface area contributed by atoms with Gasteiger partial charge in [-0.3, -0.25) is 10.1 Å². The van der Waals surface area contributed by atoms with Crippen molar-refractivity contribution in [2.45, 2.75) is 39.8 Å². The Labute approximate surface area is 118 Å². The number of aromatic nitrogens is 2. The van der Waals surface area contributed by atoms with E-state index in [4.69, 9.17) is 5.11 Å². The Hall–Kier alpha value is -1.67. The van der Waals surface area contributed by atoms with Crippen molar-refractivity contribution in [2.75, 3.05) is 25.0 Å². The van der Waals surface area contributed by atoms with Crippen molar-refractivity contribution in [3.05, 3.63) is 15.8 Å². The molecule has 1 unspecified atom stereocenters. The van der Waals surface area contributed by atoms with Gasteiger partial charge in [0.1, 0.15) is 5.69 Å². The van der Waals surface area contributed by atoms with Gasteiger partial charge in [-0.15, -0.1) is 0 Å². The fraction of sp³-hybridized carbons (Fsp3) is 0.750. The highest BCUT2D eigenvalue weighted by atomic mass is 16.6. The first-order valence-corrected chi connectivity index (χ1v) is 6.81. The average Bonchev–Trinajstić information content (AvgIpc) is 2.65. The summed E-state index contributed by atoms with van der Waals surface area (Å²) < 4.78 is 1.64. The number of hydrogen-bond donors (Lipinski definition) is 3. The van der Waals surface area contributed by atoms with Gasteiger partial charge in [-0.25, -0.2) is 4.68 Å². The third kappa shape index (κ3) is 4.46. The maximum Gasteiger partial charge on any atom is 0.333 e. The fourth-order valence-electron chi connectivity index (χ4n) is 1.92. The minimum atomic E-state index is -0.405. The zero-order valence-corrected chi connectivity index (χ0v) is 12.2. The molecule has 0 saturated carbocycles. The Kier molecular flexibility index (Phi) is 6.40. The van der Waals surface area contributed by atoms with E-state index in [2.05, 4.69) is 15.7 Å². The molecule has 0 aliphatic carbocycles. The Bertz CT molecular complexity index is 445. The Morgan fingerprint density at radius 3 is 2.75 bits per heavy atom. The lowest BCUT2D eigenvalue weighted by atomic mass is 10.3. The maximum atomic E-state index is 11.1. The molecule has 0 saturated heterocycles. The average molecular weight is 285 g/mol. The van der Waals surface area contributed by atoms with Gasteiger partial charge in [-0.2, -0.15) is 5.10 Å². The molecule has 1 atom stereocenters. The van der Waals surface area contributed by atoms with E-state index in [1.807, 2.05) is 6.92 Å². The maximum absolute atomic E-state index is 11.1. The van der Waals surface area contributed by atoms with Crippen LogP contribution in [0.2, 0.25) is 0 Å². The number of aryl methyl sites for hydroxylation is 2. The molecular formula is C12H23N5O3. The van der Waals surface area contributed by atoms with Crippen LogP contribution in [0.3, 0.4) is 0 Å². The molecule has 0 radical (unpaired) electrons. The summed E-state index contributed by atoms with van der Waals surface area (Å²) in [5.41, 5.74) is 0.455. The standard InChI is InChI=1S/C12H23N5O3/c1-4-7-16-12(11(17(19)20)10(3)15-16)14-6-5-13-8-9(2)18/h9,13-14,18H,4-8H2,1-3H3.